The molecule has 1 saturated carbocycles. The molecule has 0 unspecified atom stereocenters. The van der Waals surface area contributed by atoms with Gasteiger partial charge in [-0.1, -0.05) is 25.0 Å². The summed E-state index contributed by atoms with van der Waals surface area (Å²) in [7, 11) is 0. The zero-order valence-electron chi connectivity index (χ0n) is 10.1. The SMILES string of the molecule is OCC1(CNCc2ccc(I)cc2)CCCC1. The molecular weight excluding hydrogens is 325 g/mol. The molecule has 0 amide bonds. The second kappa shape index (κ2) is 6.16. The first-order chi connectivity index (χ1) is 8.24. The summed E-state index contributed by atoms with van der Waals surface area (Å²) in [6, 6.07) is 8.59. The number of nitrogens with one attached hydrogen (secondary N) is 1. The van der Waals surface area contributed by atoms with Crippen molar-refractivity contribution in [3.8, 4) is 0 Å². The smallest absolute Gasteiger partial charge is 0.0499 e. The third-order valence-corrected chi connectivity index (χ3v) is 4.46. The van der Waals surface area contributed by atoms with Crippen LogP contribution in [0, 0.1) is 8.99 Å². The lowest BCUT2D eigenvalue weighted by Gasteiger charge is -2.26. The Bertz CT molecular complexity index is 344. The summed E-state index contributed by atoms with van der Waals surface area (Å²) in [4.78, 5) is 0. The van der Waals surface area contributed by atoms with Gasteiger partial charge in [0.2, 0.25) is 0 Å². The molecule has 94 valence electrons. The lowest BCUT2D eigenvalue weighted by molar-refractivity contribution is 0.128. The minimum atomic E-state index is 0.156. The molecule has 1 aromatic rings. The van der Waals surface area contributed by atoms with Gasteiger partial charge in [-0.3, -0.25) is 0 Å². The van der Waals surface area contributed by atoms with Gasteiger partial charge in [0.25, 0.3) is 0 Å². The van der Waals surface area contributed by atoms with E-state index < -0.39 is 0 Å². The van der Waals surface area contributed by atoms with E-state index in [-0.39, 0.29) is 5.41 Å². The van der Waals surface area contributed by atoms with E-state index >= 15 is 0 Å². The van der Waals surface area contributed by atoms with Crippen LogP contribution in [0.2, 0.25) is 0 Å². The molecule has 3 heteroatoms. The Kier molecular flexibility index (Phi) is 4.82. The average Bonchev–Trinajstić information content (AvgIpc) is 2.81. The van der Waals surface area contributed by atoms with Gasteiger partial charge in [0, 0.05) is 28.7 Å². The van der Waals surface area contributed by atoms with Crippen molar-refractivity contribution in [3.63, 3.8) is 0 Å². The molecule has 0 atom stereocenters. The lowest BCUT2D eigenvalue weighted by Crippen LogP contribution is -2.34. The van der Waals surface area contributed by atoms with Crippen LogP contribution in [0.4, 0.5) is 0 Å². The summed E-state index contributed by atoms with van der Waals surface area (Å²) in [5.74, 6) is 0. The number of hydrogen-bond donors (Lipinski definition) is 2. The lowest BCUT2D eigenvalue weighted by atomic mass is 9.87. The predicted octanol–water partition coefficient (Wildman–Crippen LogP) is 2.93. The summed E-state index contributed by atoms with van der Waals surface area (Å²) in [5, 5.41) is 13.0. The molecule has 0 heterocycles. The van der Waals surface area contributed by atoms with Crippen LogP contribution in [0.5, 0.6) is 0 Å². The third-order valence-electron chi connectivity index (χ3n) is 3.74. The van der Waals surface area contributed by atoms with E-state index in [2.05, 4.69) is 52.2 Å². The summed E-state index contributed by atoms with van der Waals surface area (Å²) >= 11 is 2.32. The largest absolute Gasteiger partial charge is 0.396 e. The van der Waals surface area contributed by atoms with Crippen LogP contribution in [0.1, 0.15) is 31.2 Å². The van der Waals surface area contributed by atoms with Crippen LogP contribution in [0.15, 0.2) is 24.3 Å². The van der Waals surface area contributed by atoms with Gasteiger partial charge in [-0.15, -0.1) is 0 Å². The van der Waals surface area contributed by atoms with Crippen molar-refractivity contribution >= 4 is 22.6 Å². The first-order valence-electron chi connectivity index (χ1n) is 6.30. The quantitative estimate of drug-likeness (QED) is 0.805. The molecule has 0 aromatic heterocycles. The van der Waals surface area contributed by atoms with Crippen LogP contribution in [-0.4, -0.2) is 18.3 Å². The van der Waals surface area contributed by atoms with E-state index in [9.17, 15) is 5.11 Å². The highest BCUT2D eigenvalue weighted by Crippen LogP contribution is 2.36. The highest BCUT2D eigenvalue weighted by molar-refractivity contribution is 14.1. The number of hydrogen-bond acceptors (Lipinski definition) is 2. The van der Waals surface area contributed by atoms with E-state index in [0.717, 1.165) is 13.1 Å². The van der Waals surface area contributed by atoms with Crippen molar-refractivity contribution < 1.29 is 5.11 Å². The maximum atomic E-state index is 9.51. The van der Waals surface area contributed by atoms with Crippen molar-refractivity contribution in [1.82, 2.24) is 5.32 Å². The third kappa shape index (κ3) is 3.66. The molecule has 1 aromatic carbocycles. The maximum Gasteiger partial charge on any atom is 0.0499 e. The van der Waals surface area contributed by atoms with Gasteiger partial charge in [-0.2, -0.15) is 0 Å². The molecule has 0 spiro atoms. The standard InChI is InChI=1S/C14H20INO/c15-13-5-3-12(4-6-13)9-16-10-14(11-17)7-1-2-8-14/h3-6,16-17H,1-2,7-11H2. The van der Waals surface area contributed by atoms with Gasteiger partial charge in [-0.05, 0) is 53.1 Å². The van der Waals surface area contributed by atoms with E-state index in [0.29, 0.717) is 6.61 Å². The van der Waals surface area contributed by atoms with Crippen LogP contribution < -0.4 is 5.32 Å². The molecule has 2 nitrogen and oxygen atoms in total. The van der Waals surface area contributed by atoms with Gasteiger partial charge in [0.1, 0.15) is 0 Å². The van der Waals surface area contributed by atoms with E-state index in [1.807, 2.05) is 0 Å². The highest BCUT2D eigenvalue weighted by atomic mass is 127. The fraction of sp³-hybridized carbons (Fsp3) is 0.571. The number of aliphatic hydroxyl groups excluding tert-OH is 1. The van der Waals surface area contributed by atoms with Crippen LogP contribution in [0.3, 0.4) is 0 Å². The van der Waals surface area contributed by atoms with Crippen molar-refractivity contribution in [1.29, 1.82) is 0 Å². The fourth-order valence-electron chi connectivity index (χ4n) is 2.59. The van der Waals surface area contributed by atoms with E-state index in [1.165, 1.54) is 34.8 Å². The van der Waals surface area contributed by atoms with Gasteiger partial charge >= 0.3 is 0 Å². The second-order valence-electron chi connectivity index (χ2n) is 5.10. The molecule has 1 aliphatic rings. The number of aliphatic hydroxyl groups is 1. The maximum absolute atomic E-state index is 9.51. The van der Waals surface area contributed by atoms with Crippen LogP contribution in [0.25, 0.3) is 0 Å². The number of benzene rings is 1. The van der Waals surface area contributed by atoms with E-state index in [1.54, 1.807) is 0 Å². The van der Waals surface area contributed by atoms with Gasteiger partial charge in [0.15, 0.2) is 0 Å². The van der Waals surface area contributed by atoms with E-state index in [4.69, 9.17) is 0 Å². The number of rotatable bonds is 5. The number of halogens is 1. The predicted molar refractivity (Wildman–Crippen MR) is 78.9 cm³/mol. The van der Waals surface area contributed by atoms with Crippen LogP contribution in [-0.2, 0) is 6.54 Å². The summed E-state index contributed by atoms with van der Waals surface area (Å²) in [5.41, 5.74) is 1.47. The highest BCUT2D eigenvalue weighted by Gasteiger charge is 2.32. The molecule has 0 radical (unpaired) electrons. The first-order valence-corrected chi connectivity index (χ1v) is 7.38. The Hall–Kier alpha value is -0.130. The fourth-order valence-corrected chi connectivity index (χ4v) is 2.95. The minimum absolute atomic E-state index is 0.156. The molecular formula is C14H20INO. The monoisotopic (exact) mass is 345 g/mol. The molecule has 0 aliphatic heterocycles. The molecule has 0 bridgehead atoms. The van der Waals surface area contributed by atoms with Gasteiger partial charge in [-0.25, -0.2) is 0 Å². The molecule has 2 N–H and O–H groups in total. The van der Waals surface area contributed by atoms with Crippen molar-refractivity contribution in [2.24, 2.45) is 5.41 Å². The zero-order chi connectivity index (χ0) is 12.1. The summed E-state index contributed by atoms with van der Waals surface area (Å²) in [6.07, 6.45) is 4.88. The van der Waals surface area contributed by atoms with Gasteiger partial charge in [0.05, 0.1) is 0 Å². The molecule has 1 aliphatic carbocycles. The zero-order valence-corrected chi connectivity index (χ0v) is 12.2. The average molecular weight is 345 g/mol. The van der Waals surface area contributed by atoms with Gasteiger partial charge < -0.3 is 10.4 Å². The Labute approximate surface area is 117 Å². The van der Waals surface area contributed by atoms with Crippen molar-refractivity contribution in [2.75, 3.05) is 13.2 Å². The molecule has 0 saturated heterocycles. The first kappa shape index (κ1) is 13.3. The summed E-state index contributed by atoms with van der Waals surface area (Å²) in [6.45, 7) is 2.17. The topological polar surface area (TPSA) is 32.3 Å². The van der Waals surface area contributed by atoms with Crippen LogP contribution >= 0.6 is 22.6 Å². The Morgan fingerprint density at radius 2 is 1.82 bits per heavy atom. The molecule has 2 rings (SSSR count). The Balaban J connectivity index is 1.80. The minimum Gasteiger partial charge on any atom is -0.396 e. The van der Waals surface area contributed by atoms with Crippen molar-refractivity contribution in [3.05, 3.63) is 33.4 Å². The Morgan fingerprint density at radius 1 is 1.18 bits per heavy atom. The Morgan fingerprint density at radius 3 is 2.41 bits per heavy atom. The second-order valence-corrected chi connectivity index (χ2v) is 6.34. The van der Waals surface area contributed by atoms with Crippen molar-refractivity contribution in [2.45, 2.75) is 32.2 Å². The summed E-state index contributed by atoms with van der Waals surface area (Å²) < 4.78 is 1.27. The molecule has 1 fully saturated rings. The normalized spacial score (nSPS) is 18.5. The molecule has 17 heavy (non-hydrogen) atoms.